The first-order chi connectivity index (χ1) is 18.4. The highest BCUT2D eigenvalue weighted by Crippen LogP contribution is 2.35. The SMILES string of the molecule is Cc1ccc(CN2CCc3ccccc3C2C(=O)N(C(=O)c2cccc([N+](=O)[O-])c2)C2CCCCC2)cc1. The van der Waals surface area contributed by atoms with Crippen molar-refractivity contribution in [3.05, 3.63) is 111 Å². The number of carbonyl (C=O) groups is 2. The van der Waals surface area contributed by atoms with E-state index in [1.807, 2.05) is 18.2 Å². The second kappa shape index (κ2) is 11.3. The number of aryl methyl sites for hydroxylation is 1. The van der Waals surface area contributed by atoms with Gasteiger partial charge in [-0.15, -0.1) is 0 Å². The Balaban J connectivity index is 1.55. The summed E-state index contributed by atoms with van der Waals surface area (Å²) in [6.07, 6.45) is 5.30. The zero-order valence-electron chi connectivity index (χ0n) is 21.7. The van der Waals surface area contributed by atoms with Gasteiger partial charge in [-0.3, -0.25) is 29.5 Å². The first kappa shape index (κ1) is 25.8. The van der Waals surface area contributed by atoms with Gasteiger partial charge in [0.25, 0.3) is 17.5 Å². The number of imide groups is 1. The summed E-state index contributed by atoms with van der Waals surface area (Å²) in [6.45, 7) is 3.34. The van der Waals surface area contributed by atoms with E-state index in [1.165, 1.54) is 28.7 Å². The number of nitrogens with zero attached hydrogens (tertiary/aromatic N) is 3. The van der Waals surface area contributed by atoms with Crippen LogP contribution in [0.4, 0.5) is 5.69 Å². The van der Waals surface area contributed by atoms with E-state index in [1.54, 1.807) is 6.07 Å². The van der Waals surface area contributed by atoms with Crippen molar-refractivity contribution in [2.75, 3.05) is 6.54 Å². The number of hydrogen-bond acceptors (Lipinski definition) is 5. The molecule has 0 radical (unpaired) electrons. The Morgan fingerprint density at radius 3 is 2.45 bits per heavy atom. The topological polar surface area (TPSA) is 83.8 Å². The van der Waals surface area contributed by atoms with Gasteiger partial charge in [-0.2, -0.15) is 0 Å². The molecule has 196 valence electrons. The van der Waals surface area contributed by atoms with E-state index in [0.29, 0.717) is 13.1 Å². The monoisotopic (exact) mass is 511 g/mol. The van der Waals surface area contributed by atoms with Crippen LogP contribution in [0.15, 0.2) is 72.8 Å². The number of non-ortho nitro benzene ring substituents is 1. The summed E-state index contributed by atoms with van der Waals surface area (Å²) >= 11 is 0. The van der Waals surface area contributed by atoms with E-state index >= 15 is 0 Å². The molecule has 7 heteroatoms. The molecule has 1 unspecified atom stereocenters. The average Bonchev–Trinajstić information content (AvgIpc) is 2.94. The lowest BCUT2D eigenvalue weighted by Crippen LogP contribution is -2.52. The molecule has 3 aromatic rings. The van der Waals surface area contributed by atoms with Crippen molar-refractivity contribution in [1.29, 1.82) is 0 Å². The third-order valence-electron chi connectivity index (χ3n) is 7.82. The van der Waals surface area contributed by atoms with Gasteiger partial charge in [0.2, 0.25) is 0 Å². The van der Waals surface area contributed by atoms with E-state index in [0.717, 1.165) is 55.2 Å². The van der Waals surface area contributed by atoms with Crippen LogP contribution >= 0.6 is 0 Å². The van der Waals surface area contributed by atoms with Crippen LogP contribution in [-0.4, -0.2) is 39.1 Å². The maximum Gasteiger partial charge on any atom is 0.270 e. The molecule has 0 saturated heterocycles. The summed E-state index contributed by atoms with van der Waals surface area (Å²) in [7, 11) is 0. The van der Waals surface area contributed by atoms with Gasteiger partial charge in [0.1, 0.15) is 6.04 Å². The molecule has 1 aliphatic heterocycles. The van der Waals surface area contributed by atoms with Gasteiger partial charge in [0, 0.05) is 36.8 Å². The minimum absolute atomic E-state index is 0.157. The van der Waals surface area contributed by atoms with Crippen LogP contribution in [0.25, 0.3) is 0 Å². The van der Waals surface area contributed by atoms with Crippen molar-refractivity contribution in [1.82, 2.24) is 9.80 Å². The molecule has 0 aromatic heterocycles. The number of nitro groups is 1. The molecule has 1 saturated carbocycles. The first-order valence-corrected chi connectivity index (χ1v) is 13.4. The van der Waals surface area contributed by atoms with Crippen LogP contribution in [0.1, 0.15) is 70.8 Å². The van der Waals surface area contributed by atoms with Crippen molar-refractivity contribution in [3.8, 4) is 0 Å². The van der Waals surface area contributed by atoms with Crippen LogP contribution in [-0.2, 0) is 17.8 Å². The zero-order valence-corrected chi connectivity index (χ0v) is 21.7. The van der Waals surface area contributed by atoms with E-state index in [2.05, 4.69) is 42.2 Å². The highest BCUT2D eigenvalue weighted by molar-refractivity contribution is 6.07. The zero-order chi connectivity index (χ0) is 26.6. The molecular formula is C31H33N3O4. The number of nitro benzene ring substituents is 1. The highest BCUT2D eigenvalue weighted by Gasteiger charge is 2.41. The minimum Gasteiger partial charge on any atom is -0.284 e. The number of amides is 2. The molecule has 0 spiro atoms. The molecule has 1 heterocycles. The van der Waals surface area contributed by atoms with E-state index in [4.69, 9.17) is 0 Å². The highest BCUT2D eigenvalue weighted by atomic mass is 16.6. The Bertz CT molecular complexity index is 1330. The van der Waals surface area contributed by atoms with Gasteiger partial charge in [-0.25, -0.2) is 0 Å². The molecule has 38 heavy (non-hydrogen) atoms. The largest absolute Gasteiger partial charge is 0.284 e. The molecule has 1 atom stereocenters. The third kappa shape index (κ3) is 5.38. The predicted octanol–water partition coefficient (Wildman–Crippen LogP) is 6.00. The van der Waals surface area contributed by atoms with Crippen molar-refractivity contribution in [2.45, 2.75) is 64.1 Å². The molecule has 0 bridgehead atoms. The fourth-order valence-corrected chi connectivity index (χ4v) is 5.81. The molecule has 2 amide bonds. The van der Waals surface area contributed by atoms with Crippen LogP contribution in [0, 0.1) is 17.0 Å². The van der Waals surface area contributed by atoms with Crippen molar-refractivity contribution >= 4 is 17.5 Å². The summed E-state index contributed by atoms with van der Waals surface area (Å²) in [4.78, 5) is 43.1. The van der Waals surface area contributed by atoms with E-state index < -0.39 is 16.9 Å². The predicted molar refractivity (Wildman–Crippen MR) is 146 cm³/mol. The molecule has 2 aliphatic rings. The lowest BCUT2D eigenvalue weighted by Gasteiger charge is -2.41. The summed E-state index contributed by atoms with van der Waals surface area (Å²) < 4.78 is 0. The Hall–Kier alpha value is -3.84. The summed E-state index contributed by atoms with van der Waals surface area (Å²) in [5.41, 5.74) is 4.36. The van der Waals surface area contributed by atoms with Gasteiger partial charge in [-0.05, 0) is 48.9 Å². The molecule has 0 N–H and O–H groups in total. The average molecular weight is 512 g/mol. The minimum atomic E-state index is -0.606. The van der Waals surface area contributed by atoms with Crippen LogP contribution in [0.5, 0.6) is 0 Å². The van der Waals surface area contributed by atoms with Gasteiger partial charge >= 0.3 is 0 Å². The quantitative estimate of drug-likeness (QED) is 0.230. The lowest BCUT2D eigenvalue weighted by atomic mass is 9.89. The maximum atomic E-state index is 14.6. The normalized spacial score (nSPS) is 18.0. The Morgan fingerprint density at radius 2 is 1.71 bits per heavy atom. The van der Waals surface area contributed by atoms with E-state index in [9.17, 15) is 19.7 Å². The summed E-state index contributed by atoms with van der Waals surface area (Å²) in [5.74, 6) is -0.698. The molecule has 5 rings (SSSR count). The molecular weight excluding hydrogens is 478 g/mol. The molecule has 3 aromatic carbocycles. The summed E-state index contributed by atoms with van der Waals surface area (Å²) in [6, 6.07) is 21.2. The Kier molecular flexibility index (Phi) is 7.65. The second-order valence-corrected chi connectivity index (χ2v) is 10.4. The van der Waals surface area contributed by atoms with Crippen LogP contribution in [0.3, 0.4) is 0 Å². The molecule has 7 nitrogen and oxygen atoms in total. The summed E-state index contributed by atoms with van der Waals surface area (Å²) in [5, 5.41) is 11.4. The number of benzene rings is 3. The smallest absolute Gasteiger partial charge is 0.270 e. The van der Waals surface area contributed by atoms with Crippen molar-refractivity contribution < 1.29 is 14.5 Å². The number of rotatable bonds is 6. The van der Waals surface area contributed by atoms with Gasteiger partial charge < -0.3 is 0 Å². The van der Waals surface area contributed by atoms with Crippen molar-refractivity contribution in [3.63, 3.8) is 0 Å². The first-order valence-electron chi connectivity index (χ1n) is 13.4. The fourth-order valence-electron chi connectivity index (χ4n) is 5.81. The lowest BCUT2D eigenvalue weighted by molar-refractivity contribution is -0.384. The fraction of sp³-hybridized carbons (Fsp3) is 0.355. The Morgan fingerprint density at radius 1 is 0.974 bits per heavy atom. The molecule has 1 fully saturated rings. The van der Waals surface area contributed by atoms with Crippen LogP contribution < -0.4 is 0 Å². The van der Waals surface area contributed by atoms with Gasteiger partial charge in [0.15, 0.2) is 0 Å². The number of carbonyl (C=O) groups excluding carboxylic acids is 2. The van der Waals surface area contributed by atoms with Gasteiger partial charge in [0.05, 0.1) is 4.92 Å². The third-order valence-corrected chi connectivity index (χ3v) is 7.82. The standard InChI is InChI=1S/C31H33N3O4/c1-22-14-16-23(17-15-22)21-32-19-18-24-8-5-6-13-28(24)29(32)31(36)33(26-10-3-2-4-11-26)30(35)25-9-7-12-27(20-25)34(37)38/h5-9,12-17,20,26,29H,2-4,10-11,18-19,21H2,1H3. The Labute approximate surface area is 223 Å². The number of hydrogen-bond donors (Lipinski definition) is 0. The van der Waals surface area contributed by atoms with E-state index in [-0.39, 0.29) is 23.2 Å². The maximum absolute atomic E-state index is 14.6. The van der Waals surface area contributed by atoms with Gasteiger partial charge in [-0.1, -0.05) is 79.4 Å². The molecule has 1 aliphatic carbocycles. The second-order valence-electron chi connectivity index (χ2n) is 10.4. The van der Waals surface area contributed by atoms with Crippen molar-refractivity contribution in [2.24, 2.45) is 0 Å². The number of fused-ring (bicyclic) bond motifs is 1. The van der Waals surface area contributed by atoms with Crippen LogP contribution in [0.2, 0.25) is 0 Å².